The van der Waals surface area contributed by atoms with Crippen molar-refractivity contribution in [1.82, 2.24) is 19.4 Å². The number of imidazole rings is 1. The Labute approximate surface area is 195 Å². The first-order valence-corrected chi connectivity index (χ1v) is 15.5. The van der Waals surface area contributed by atoms with E-state index in [9.17, 15) is 14.4 Å². The van der Waals surface area contributed by atoms with Gasteiger partial charge in [0.25, 0.3) is 5.91 Å². The van der Waals surface area contributed by atoms with Gasteiger partial charge in [-0.3, -0.25) is 23.6 Å². The van der Waals surface area contributed by atoms with Gasteiger partial charge in [-0.25, -0.2) is 4.79 Å². The van der Waals surface area contributed by atoms with Crippen molar-refractivity contribution in [3.8, 4) is 0 Å². The number of aromatic nitrogens is 2. The maximum atomic E-state index is 13.4. The van der Waals surface area contributed by atoms with E-state index in [2.05, 4.69) is 29.9 Å². The van der Waals surface area contributed by atoms with Gasteiger partial charge in [-0.1, -0.05) is 25.7 Å². The van der Waals surface area contributed by atoms with Crippen molar-refractivity contribution in [3.05, 3.63) is 28.7 Å². The normalized spacial score (nSPS) is 20.2. The number of anilines is 1. The number of piperazine rings is 1. The third-order valence-electron chi connectivity index (χ3n) is 6.55. The molecule has 0 aliphatic carbocycles. The van der Waals surface area contributed by atoms with Gasteiger partial charge in [0.15, 0.2) is 0 Å². The Balaban J connectivity index is 1.63. The number of aryl methyl sites for hydroxylation is 1. The SMILES string of the molecule is Cn1c(=O)n(C2CCC(=O)N(COCC[Si](C)(C)C)C2=O)c2cccc(N3CCNCC3)c21. The van der Waals surface area contributed by atoms with E-state index in [0.29, 0.717) is 13.0 Å². The highest BCUT2D eigenvalue weighted by Crippen LogP contribution is 2.31. The highest BCUT2D eigenvalue weighted by Gasteiger charge is 2.38. The molecule has 10 heteroatoms. The number of carbonyl (C=O) groups excluding carboxylic acids is 2. The van der Waals surface area contributed by atoms with Crippen molar-refractivity contribution in [1.29, 1.82) is 0 Å². The Kier molecular flexibility index (Phi) is 6.78. The van der Waals surface area contributed by atoms with Crippen LogP contribution in [-0.2, 0) is 21.4 Å². The smallest absolute Gasteiger partial charge is 0.329 e. The molecule has 4 rings (SSSR count). The lowest BCUT2D eigenvalue weighted by molar-refractivity contribution is -0.157. The highest BCUT2D eigenvalue weighted by atomic mass is 28.3. The van der Waals surface area contributed by atoms with Crippen LogP contribution in [0.5, 0.6) is 0 Å². The number of fused-ring (bicyclic) bond motifs is 1. The van der Waals surface area contributed by atoms with Crippen molar-refractivity contribution in [2.45, 2.75) is 44.6 Å². The number of para-hydroxylation sites is 1. The molecule has 2 aliphatic heterocycles. The number of amides is 2. The first-order chi connectivity index (χ1) is 15.7. The van der Waals surface area contributed by atoms with Crippen molar-refractivity contribution < 1.29 is 14.3 Å². The average Bonchev–Trinajstić information content (AvgIpc) is 3.03. The predicted molar refractivity (Wildman–Crippen MR) is 131 cm³/mol. The molecular weight excluding hydrogens is 438 g/mol. The standard InChI is InChI=1S/C23H35N5O4Si/c1-25-21-17(26-12-10-24-11-13-26)6-5-7-18(21)28(23(25)31)19-8-9-20(29)27(22(19)30)16-32-14-15-33(2,3)4/h5-7,19,24H,8-16H2,1-4H3. The van der Waals surface area contributed by atoms with E-state index in [0.717, 1.165) is 48.9 Å². The van der Waals surface area contributed by atoms with Gasteiger partial charge in [-0.2, -0.15) is 0 Å². The summed E-state index contributed by atoms with van der Waals surface area (Å²) in [5.74, 6) is -0.597. The Morgan fingerprint density at radius 1 is 1.12 bits per heavy atom. The second kappa shape index (κ2) is 9.44. The lowest BCUT2D eigenvalue weighted by Gasteiger charge is -2.31. The summed E-state index contributed by atoms with van der Waals surface area (Å²) in [5.41, 5.74) is 2.32. The van der Waals surface area contributed by atoms with Gasteiger partial charge in [-0.15, -0.1) is 0 Å². The zero-order valence-electron chi connectivity index (χ0n) is 20.1. The van der Waals surface area contributed by atoms with E-state index in [-0.39, 0.29) is 30.7 Å². The lowest BCUT2D eigenvalue weighted by Crippen LogP contribution is -2.48. The van der Waals surface area contributed by atoms with E-state index in [4.69, 9.17) is 4.74 Å². The minimum atomic E-state index is -1.27. The molecule has 9 nitrogen and oxygen atoms in total. The molecule has 0 spiro atoms. The summed E-state index contributed by atoms with van der Waals surface area (Å²) in [4.78, 5) is 42.7. The van der Waals surface area contributed by atoms with Crippen molar-refractivity contribution >= 4 is 36.6 Å². The summed E-state index contributed by atoms with van der Waals surface area (Å²) < 4.78 is 8.91. The quantitative estimate of drug-likeness (QED) is 0.374. The number of likely N-dealkylation sites (tertiary alicyclic amines) is 1. The molecule has 2 amide bonds. The van der Waals surface area contributed by atoms with Crippen molar-refractivity contribution in [2.75, 3.05) is 44.4 Å². The highest BCUT2D eigenvalue weighted by molar-refractivity contribution is 6.76. The summed E-state index contributed by atoms with van der Waals surface area (Å²) in [6.45, 7) is 10.7. The number of benzene rings is 1. The third-order valence-corrected chi connectivity index (χ3v) is 8.26. The Bertz CT molecular complexity index is 1100. The zero-order valence-corrected chi connectivity index (χ0v) is 21.1. The number of nitrogens with zero attached hydrogens (tertiary/aromatic N) is 4. The molecule has 1 unspecified atom stereocenters. The Morgan fingerprint density at radius 3 is 2.55 bits per heavy atom. The van der Waals surface area contributed by atoms with Crippen LogP contribution in [-0.4, -0.2) is 73.4 Å². The molecule has 33 heavy (non-hydrogen) atoms. The van der Waals surface area contributed by atoms with Crippen molar-refractivity contribution in [2.24, 2.45) is 7.05 Å². The molecule has 2 saturated heterocycles. The molecule has 3 heterocycles. The van der Waals surface area contributed by atoms with Gasteiger partial charge in [0, 0.05) is 54.3 Å². The van der Waals surface area contributed by atoms with Crippen LogP contribution in [0.1, 0.15) is 18.9 Å². The Morgan fingerprint density at radius 2 is 1.85 bits per heavy atom. The largest absolute Gasteiger partial charge is 0.367 e. The third kappa shape index (κ3) is 4.78. The summed E-state index contributed by atoms with van der Waals surface area (Å²) in [6.07, 6.45) is 0.536. The van der Waals surface area contributed by atoms with Gasteiger partial charge >= 0.3 is 5.69 Å². The minimum absolute atomic E-state index is 0.0514. The van der Waals surface area contributed by atoms with Gasteiger partial charge in [-0.05, 0) is 24.6 Å². The topological polar surface area (TPSA) is 88.8 Å². The van der Waals surface area contributed by atoms with Crippen LogP contribution < -0.4 is 15.9 Å². The molecule has 2 aliphatic rings. The number of rotatable bonds is 7. The summed E-state index contributed by atoms with van der Waals surface area (Å²) in [5, 5.41) is 3.35. The molecule has 0 bridgehead atoms. The van der Waals surface area contributed by atoms with Crippen LogP contribution in [0.25, 0.3) is 11.0 Å². The predicted octanol–water partition coefficient (Wildman–Crippen LogP) is 1.75. The number of carbonyl (C=O) groups is 2. The summed E-state index contributed by atoms with van der Waals surface area (Å²) >= 11 is 0. The molecule has 2 fully saturated rings. The number of hydrogen-bond donors (Lipinski definition) is 1. The number of ether oxygens (including phenoxy) is 1. The van der Waals surface area contributed by atoms with Gasteiger partial charge < -0.3 is 15.0 Å². The minimum Gasteiger partial charge on any atom is -0.367 e. The maximum Gasteiger partial charge on any atom is 0.329 e. The maximum absolute atomic E-state index is 13.4. The van der Waals surface area contributed by atoms with Crippen LogP contribution in [0.3, 0.4) is 0 Å². The zero-order chi connectivity index (χ0) is 23.8. The van der Waals surface area contributed by atoms with E-state index in [1.807, 2.05) is 18.2 Å². The lowest BCUT2D eigenvalue weighted by atomic mass is 10.0. The monoisotopic (exact) mass is 473 g/mol. The molecular formula is C23H35N5O4Si. The molecule has 1 aromatic carbocycles. The van der Waals surface area contributed by atoms with Gasteiger partial charge in [0.1, 0.15) is 12.8 Å². The van der Waals surface area contributed by atoms with E-state index < -0.39 is 14.1 Å². The molecule has 1 aromatic heterocycles. The van der Waals surface area contributed by atoms with E-state index in [1.54, 1.807) is 16.2 Å². The van der Waals surface area contributed by atoms with Crippen LogP contribution >= 0.6 is 0 Å². The van der Waals surface area contributed by atoms with Crippen molar-refractivity contribution in [3.63, 3.8) is 0 Å². The van der Waals surface area contributed by atoms with Crippen LogP contribution in [0.4, 0.5) is 5.69 Å². The molecule has 0 saturated carbocycles. The van der Waals surface area contributed by atoms with E-state index in [1.165, 1.54) is 4.90 Å². The van der Waals surface area contributed by atoms with Crippen LogP contribution in [0.2, 0.25) is 25.7 Å². The molecule has 180 valence electrons. The average molecular weight is 474 g/mol. The molecule has 1 N–H and O–H groups in total. The van der Waals surface area contributed by atoms with Gasteiger partial charge in [0.05, 0.1) is 16.7 Å². The summed E-state index contributed by atoms with van der Waals surface area (Å²) in [7, 11) is 0.484. The summed E-state index contributed by atoms with van der Waals surface area (Å²) in [6, 6.07) is 6.11. The molecule has 0 radical (unpaired) electrons. The van der Waals surface area contributed by atoms with Gasteiger partial charge in [0.2, 0.25) is 5.91 Å². The Hall–Kier alpha value is -2.43. The molecule has 2 aromatic rings. The first kappa shape index (κ1) is 23.7. The van der Waals surface area contributed by atoms with Crippen LogP contribution in [0.15, 0.2) is 23.0 Å². The number of hydrogen-bond acceptors (Lipinski definition) is 6. The molecule has 1 atom stereocenters. The number of piperidine rings is 1. The fourth-order valence-corrected chi connectivity index (χ4v) is 5.37. The first-order valence-electron chi connectivity index (χ1n) is 11.8. The number of nitrogens with one attached hydrogen (secondary N) is 1. The van der Waals surface area contributed by atoms with Crippen LogP contribution in [0, 0.1) is 0 Å². The second-order valence-corrected chi connectivity index (χ2v) is 15.8. The van der Waals surface area contributed by atoms with E-state index >= 15 is 0 Å². The fraction of sp³-hybridized carbons (Fsp3) is 0.609. The fourth-order valence-electron chi connectivity index (χ4n) is 4.61. The number of imide groups is 1. The second-order valence-electron chi connectivity index (χ2n) is 10.2.